The van der Waals surface area contributed by atoms with Gasteiger partial charge in [-0.3, -0.25) is 9.78 Å². The molecular weight excluding hydrogens is 328 g/mol. The second-order valence-corrected chi connectivity index (χ2v) is 7.46. The Labute approximate surface area is 153 Å². The summed E-state index contributed by atoms with van der Waals surface area (Å²) in [5.74, 6) is 0.724. The van der Waals surface area contributed by atoms with Crippen LogP contribution >= 0.6 is 0 Å². The molecular formula is C20H24N4O2. The zero-order valence-electron chi connectivity index (χ0n) is 15.1. The Bertz CT molecular complexity index is 811. The molecule has 6 heteroatoms. The summed E-state index contributed by atoms with van der Waals surface area (Å²) in [7, 11) is 1.76. The van der Waals surface area contributed by atoms with E-state index in [2.05, 4.69) is 16.0 Å². The first-order chi connectivity index (χ1) is 12.5. The van der Waals surface area contributed by atoms with Crippen LogP contribution < -0.4 is 4.90 Å². The molecule has 1 N–H and O–H groups in total. The topological polar surface area (TPSA) is 69.6 Å². The molecule has 0 saturated carbocycles. The van der Waals surface area contributed by atoms with Crippen LogP contribution in [0.25, 0.3) is 0 Å². The van der Waals surface area contributed by atoms with Crippen molar-refractivity contribution in [1.29, 1.82) is 0 Å². The molecule has 1 amide bonds. The van der Waals surface area contributed by atoms with Gasteiger partial charge in [-0.05, 0) is 48.9 Å². The maximum absolute atomic E-state index is 12.8. The molecule has 1 saturated heterocycles. The highest BCUT2D eigenvalue weighted by Crippen LogP contribution is 2.27. The van der Waals surface area contributed by atoms with E-state index in [1.165, 1.54) is 17.5 Å². The van der Waals surface area contributed by atoms with Gasteiger partial charge in [0.25, 0.3) is 5.91 Å². The van der Waals surface area contributed by atoms with E-state index in [0.29, 0.717) is 31.6 Å². The fourth-order valence-electron chi connectivity index (χ4n) is 4.07. The summed E-state index contributed by atoms with van der Waals surface area (Å²) >= 11 is 0. The van der Waals surface area contributed by atoms with Crippen molar-refractivity contribution in [3.63, 3.8) is 0 Å². The number of likely N-dealkylation sites (N-methyl/N-ethyl adjacent to an activating group) is 1. The van der Waals surface area contributed by atoms with E-state index < -0.39 is 5.60 Å². The molecule has 1 aromatic heterocycles. The van der Waals surface area contributed by atoms with E-state index in [1.807, 2.05) is 17.0 Å². The van der Waals surface area contributed by atoms with Gasteiger partial charge in [0, 0.05) is 38.1 Å². The highest BCUT2D eigenvalue weighted by Gasteiger charge is 2.38. The summed E-state index contributed by atoms with van der Waals surface area (Å²) in [5.41, 5.74) is 2.43. The van der Waals surface area contributed by atoms with E-state index in [-0.39, 0.29) is 5.91 Å². The third-order valence-electron chi connectivity index (χ3n) is 5.43. The number of anilines is 1. The summed E-state index contributed by atoms with van der Waals surface area (Å²) in [4.78, 5) is 24.8. The summed E-state index contributed by atoms with van der Waals surface area (Å²) in [6.45, 7) is 1.46. The van der Waals surface area contributed by atoms with Gasteiger partial charge in [0.2, 0.25) is 0 Å². The summed E-state index contributed by atoms with van der Waals surface area (Å²) in [6, 6.07) is 6.00. The lowest BCUT2D eigenvalue weighted by atomic mass is 10.0. The Balaban J connectivity index is 1.42. The summed E-state index contributed by atoms with van der Waals surface area (Å²) < 4.78 is 0. The van der Waals surface area contributed by atoms with Gasteiger partial charge in [0.05, 0.1) is 12.7 Å². The molecule has 2 heterocycles. The Kier molecular flexibility index (Phi) is 4.36. The molecule has 1 aromatic carbocycles. The number of hydrogen-bond donors (Lipinski definition) is 1. The molecule has 0 unspecified atom stereocenters. The lowest BCUT2D eigenvalue weighted by Gasteiger charge is -2.29. The third kappa shape index (κ3) is 3.29. The van der Waals surface area contributed by atoms with Crippen LogP contribution in [-0.2, 0) is 12.8 Å². The van der Waals surface area contributed by atoms with Crippen molar-refractivity contribution in [2.45, 2.75) is 31.3 Å². The number of carbonyl (C=O) groups excluding carboxylic acids is 1. The minimum atomic E-state index is -0.932. The molecule has 0 radical (unpaired) electrons. The molecule has 6 nitrogen and oxygen atoms in total. The van der Waals surface area contributed by atoms with Crippen molar-refractivity contribution in [2.75, 3.05) is 31.6 Å². The number of hydrogen-bond acceptors (Lipinski definition) is 5. The fraction of sp³-hybridized carbons (Fsp3) is 0.450. The van der Waals surface area contributed by atoms with Crippen LogP contribution in [0.4, 0.5) is 5.82 Å². The van der Waals surface area contributed by atoms with Crippen LogP contribution in [0.15, 0.2) is 36.8 Å². The van der Waals surface area contributed by atoms with Crippen LogP contribution in [0.2, 0.25) is 0 Å². The quantitative estimate of drug-likeness (QED) is 0.907. The number of aryl methyl sites for hydroxylation is 2. The van der Waals surface area contributed by atoms with Crippen LogP contribution in [-0.4, -0.2) is 58.2 Å². The van der Waals surface area contributed by atoms with Crippen molar-refractivity contribution in [3.8, 4) is 0 Å². The van der Waals surface area contributed by atoms with Crippen molar-refractivity contribution < 1.29 is 9.90 Å². The minimum Gasteiger partial charge on any atom is -0.386 e. The fourth-order valence-corrected chi connectivity index (χ4v) is 4.07. The zero-order chi connectivity index (χ0) is 18.1. The van der Waals surface area contributed by atoms with E-state index in [4.69, 9.17) is 0 Å². The SMILES string of the molecule is CN(C[C@@]1(O)CCN(c2cnccn2)C1)C(=O)c1ccc2c(c1)CCC2. The van der Waals surface area contributed by atoms with Crippen LogP contribution in [0.1, 0.15) is 34.3 Å². The monoisotopic (exact) mass is 352 g/mol. The molecule has 26 heavy (non-hydrogen) atoms. The number of β-amino-alcohol motifs (C(OH)–C–C–N with tert-alkyl or cyclic N) is 1. The maximum atomic E-state index is 12.8. The number of carbonyl (C=O) groups is 1. The van der Waals surface area contributed by atoms with Crippen molar-refractivity contribution in [3.05, 3.63) is 53.5 Å². The van der Waals surface area contributed by atoms with Gasteiger partial charge in [0.1, 0.15) is 11.4 Å². The first kappa shape index (κ1) is 17.0. The Morgan fingerprint density at radius 3 is 2.96 bits per heavy atom. The largest absolute Gasteiger partial charge is 0.386 e. The van der Waals surface area contributed by atoms with Gasteiger partial charge in [-0.15, -0.1) is 0 Å². The van der Waals surface area contributed by atoms with Crippen molar-refractivity contribution in [1.82, 2.24) is 14.9 Å². The van der Waals surface area contributed by atoms with Gasteiger partial charge in [0.15, 0.2) is 0 Å². The predicted molar refractivity (Wildman–Crippen MR) is 99.2 cm³/mol. The van der Waals surface area contributed by atoms with Crippen molar-refractivity contribution >= 4 is 11.7 Å². The Morgan fingerprint density at radius 1 is 1.31 bits per heavy atom. The first-order valence-corrected chi connectivity index (χ1v) is 9.15. The van der Waals surface area contributed by atoms with Gasteiger partial charge < -0.3 is 14.9 Å². The summed E-state index contributed by atoms with van der Waals surface area (Å²) in [5, 5.41) is 11.0. The first-order valence-electron chi connectivity index (χ1n) is 9.15. The molecule has 0 spiro atoms. The van der Waals surface area contributed by atoms with Crippen LogP contribution in [0.3, 0.4) is 0 Å². The zero-order valence-corrected chi connectivity index (χ0v) is 15.1. The van der Waals surface area contributed by atoms with Gasteiger partial charge in [-0.2, -0.15) is 0 Å². The number of fused-ring (bicyclic) bond motifs is 1. The van der Waals surface area contributed by atoms with Gasteiger partial charge in [-0.1, -0.05) is 6.07 Å². The third-order valence-corrected chi connectivity index (χ3v) is 5.43. The van der Waals surface area contributed by atoms with Crippen molar-refractivity contribution in [2.24, 2.45) is 0 Å². The van der Waals surface area contributed by atoms with E-state index >= 15 is 0 Å². The lowest BCUT2D eigenvalue weighted by molar-refractivity contribution is 0.0264. The minimum absolute atomic E-state index is 0.0360. The molecule has 0 bridgehead atoms. The second kappa shape index (κ2) is 6.68. The molecule has 2 aliphatic rings. The average molecular weight is 352 g/mol. The second-order valence-electron chi connectivity index (χ2n) is 7.46. The number of benzene rings is 1. The Hall–Kier alpha value is -2.47. The number of rotatable bonds is 4. The number of nitrogens with zero attached hydrogens (tertiary/aromatic N) is 4. The highest BCUT2D eigenvalue weighted by molar-refractivity contribution is 5.94. The maximum Gasteiger partial charge on any atom is 0.253 e. The average Bonchev–Trinajstić information content (AvgIpc) is 3.27. The smallest absolute Gasteiger partial charge is 0.253 e. The summed E-state index contributed by atoms with van der Waals surface area (Å²) in [6.07, 6.45) is 8.91. The normalized spacial score (nSPS) is 21.7. The van der Waals surface area contributed by atoms with Gasteiger partial charge >= 0.3 is 0 Å². The standard InChI is InChI=1S/C20H24N4O2/c1-23(19(25)17-6-5-15-3-2-4-16(15)11-17)13-20(26)7-10-24(14-20)18-12-21-8-9-22-18/h5-6,8-9,11-12,26H,2-4,7,10,13-14H2,1H3/t20-/m0/s1. The number of amides is 1. The van der Waals surface area contributed by atoms with Crippen LogP contribution in [0, 0.1) is 0 Å². The number of aliphatic hydroxyl groups is 1. The van der Waals surface area contributed by atoms with Gasteiger partial charge in [-0.25, -0.2) is 4.98 Å². The molecule has 136 valence electrons. The lowest BCUT2D eigenvalue weighted by Crippen LogP contribution is -2.46. The predicted octanol–water partition coefficient (Wildman–Crippen LogP) is 1.68. The number of aromatic nitrogens is 2. The highest BCUT2D eigenvalue weighted by atomic mass is 16.3. The molecule has 1 aliphatic heterocycles. The molecule has 2 aromatic rings. The molecule has 1 atom stereocenters. The Morgan fingerprint density at radius 2 is 2.15 bits per heavy atom. The van der Waals surface area contributed by atoms with E-state index in [1.54, 1.807) is 30.5 Å². The van der Waals surface area contributed by atoms with Crippen LogP contribution in [0.5, 0.6) is 0 Å². The molecule has 4 rings (SSSR count). The molecule has 1 aliphatic carbocycles. The molecule has 1 fully saturated rings. The van der Waals surface area contributed by atoms with E-state index in [9.17, 15) is 9.90 Å². The van der Waals surface area contributed by atoms with E-state index in [0.717, 1.165) is 18.7 Å².